The molecule has 0 spiro atoms. The van der Waals surface area contributed by atoms with Crippen LogP contribution < -0.4 is 4.90 Å². The second kappa shape index (κ2) is 4.16. The van der Waals surface area contributed by atoms with E-state index in [-0.39, 0.29) is 6.54 Å². The van der Waals surface area contributed by atoms with Gasteiger partial charge in [0.2, 0.25) is 0 Å². The van der Waals surface area contributed by atoms with Crippen LogP contribution in [0.2, 0.25) is 0 Å². The number of aromatic nitrogens is 3. The lowest BCUT2D eigenvalue weighted by Gasteiger charge is -2.21. The van der Waals surface area contributed by atoms with Gasteiger partial charge in [0.1, 0.15) is 23.5 Å². The molecule has 0 saturated heterocycles. The highest BCUT2D eigenvalue weighted by Gasteiger charge is 2.33. The Hall–Kier alpha value is -1.76. The number of carboxylic acid groups (broad SMARTS) is 1. The van der Waals surface area contributed by atoms with Crippen LogP contribution in [0.25, 0.3) is 10.2 Å². The molecular weight excluding hydrogens is 252 g/mol. The van der Waals surface area contributed by atoms with Crippen molar-refractivity contribution in [3.63, 3.8) is 0 Å². The third kappa shape index (κ3) is 1.90. The lowest BCUT2D eigenvalue weighted by molar-refractivity contribution is -0.135. The lowest BCUT2D eigenvalue weighted by atomic mass is 10.3. The topological polar surface area (TPSA) is 79.2 Å². The van der Waals surface area contributed by atoms with Crippen LogP contribution in [0.3, 0.4) is 0 Å². The van der Waals surface area contributed by atoms with E-state index in [0.717, 1.165) is 28.8 Å². The predicted molar refractivity (Wildman–Crippen MR) is 68.0 cm³/mol. The molecule has 2 aromatic rings. The van der Waals surface area contributed by atoms with Crippen molar-refractivity contribution >= 4 is 33.5 Å². The number of fused-ring (bicyclic) bond motifs is 1. The van der Waals surface area contributed by atoms with Crippen molar-refractivity contribution in [3.8, 4) is 0 Å². The molecule has 1 N–H and O–H groups in total. The van der Waals surface area contributed by atoms with Gasteiger partial charge < -0.3 is 10.0 Å². The molecule has 2 heterocycles. The first kappa shape index (κ1) is 11.3. The Morgan fingerprint density at radius 3 is 3.00 bits per heavy atom. The van der Waals surface area contributed by atoms with Gasteiger partial charge in [0.25, 0.3) is 0 Å². The van der Waals surface area contributed by atoms with Crippen LogP contribution in [-0.2, 0) is 4.79 Å². The molecule has 0 amide bonds. The molecule has 1 aliphatic rings. The van der Waals surface area contributed by atoms with Crippen molar-refractivity contribution in [2.45, 2.75) is 25.8 Å². The van der Waals surface area contributed by atoms with Gasteiger partial charge in [0.05, 0.1) is 11.1 Å². The van der Waals surface area contributed by atoms with Crippen LogP contribution in [0.4, 0.5) is 5.82 Å². The molecule has 0 aliphatic heterocycles. The summed E-state index contributed by atoms with van der Waals surface area (Å²) >= 11 is 1.32. The third-order valence-corrected chi connectivity index (χ3v) is 3.84. The van der Waals surface area contributed by atoms with Gasteiger partial charge in [0.15, 0.2) is 0 Å². The zero-order chi connectivity index (χ0) is 12.7. The first-order chi connectivity index (χ1) is 8.66. The first-order valence-corrected chi connectivity index (χ1v) is 6.49. The van der Waals surface area contributed by atoms with E-state index in [0.29, 0.717) is 11.9 Å². The molecule has 1 saturated carbocycles. The van der Waals surface area contributed by atoms with E-state index in [1.807, 2.05) is 11.8 Å². The minimum atomic E-state index is -0.838. The number of rotatable bonds is 4. The van der Waals surface area contributed by atoms with Gasteiger partial charge in [-0.2, -0.15) is 4.37 Å². The van der Waals surface area contributed by atoms with Gasteiger partial charge >= 0.3 is 5.97 Å². The lowest BCUT2D eigenvalue weighted by Crippen LogP contribution is -2.32. The fraction of sp³-hybridized carbons (Fsp3) is 0.455. The van der Waals surface area contributed by atoms with Crippen LogP contribution in [0.1, 0.15) is 18.5 Å². The molecule has 0 atom stereocenters. The molecule has 0 unspecified atom stereocenters. The normalized spacial score (nSPS) is 14.9. The Morgan fingerprint density at radius 1 is 1.56 bits per heavy atom. The zero-order valence-electron chi connectivity index (χ0n) is 9.83. The van der Waals surface area contributed by atoms with E-state index < -0.39 is 5.97 Å². The number of hydrogen-bond donors (Lipinski definition) is 1. The second-order valence-electron chi connectivity index (χ2n) is 4.40. The highest BCUT2D eigenvalue weighted by Crippen LogP contribution is 2.35. The summed E-state index contributed by atoms with van der Waals surface area (Å²) in [5.41, 5.74) is 0.863. The monoisotopic (exact) mass is 264 g/mol. The number of aliphatic carboxylic acids is 1. The summed E-state index contributed by atoms with van der Waals surface area (Å²) in [5, 5.41) is 9.90. The summed E-state index contributed by atoms with van der Waals surface area (Å²) in [5.74, 6) is -0.134. The number of aryl methyl sites for hydroxylation is 1. The molecule has 0 radical (unpaired) electrons. The molecule has 6 nitrogen and oxygen atoms in total. The fourth-order valence-corrected chi connectivity index (χ4v) is 2.77. The number of carbonyl (C=O) groups is 1. The SMILES string of the molecule is Cc1nsc2ncnc(N(CC(=O)O)C3CC3)c12. The molecule has 1 aliphatic carbocycles. The molecule has 2 aromatic heterocycles. The summed E-state index contributed by atoms with van der Waals surface area (Å²) in [7, 11) is 0. The zero-order valence-corrected chi connectivity index (χ0v) is 10.6. The summed E-state index contributed by atoms with van der Waals surface area (Å²) in [6.07, 6.45) is 3.53. The minimum absolute atomic E-state index is 0.0218. The van der Waals surface area contributed by atoms with E-state index in [1.165, 1.54) is 17.9 Å². The molecule has 3 rings (SSSR count). The van der Waals surface area contributed by atoms with Crippen molar-refractivity contribution in [1.82, 2.24) is 14.3 Å². The number of nitrogens with zero attached hydrogens (tertiary/aromatic N) is 4. The summed E-state index contributed by atoms with van der Waals surface area (Å²) in [6, 6.07) is 0.290. The van der Waals surface area contributed by atoms with Gasteiger partial charge in [-0.3, -0.25) is 4.79 Å². The summed E-state index contributed by atoms with van der Waals surface area (Å²) in [4.78, 5) is 22.1. The molecule has 18 heavy (non-hydrogen) atoms. The predicted octanol–water partition coefficient (Wildman–Crippen LogP) is 1.45. The largest absolute Gasteiger partial charge is 0.480 e. The average Bonchev–Trinajstić information content (AvgIpc) is 3.11. The van der Waals surface area contributed by atoms with Crippen molar-refractivity contribution in [2.75, 3.05) is 11.4 Å². The maximum atomic E-state index is 11.0. The Balaban J connectivity index is 2.10. The van der Waals surface area contributed by atoms with Crippen molar-refractivity contribution in [1.29, 1.82) is 0 Å². The van der Waals surface area contributed by atoms with E-state index in [9.17, 15) is 4.79 Å². The second-order valence-corrected chi connectivity index (χ2v) is 5.15. The van der Waals surface area contributed by atoms with E-state index in [2.05, 4.69) is 14.3 Å². The van der Waals surface area contributed by atoms with Gasteiger partial charge in [-0.25, -0.2) is 9.97 Å². The standard InChI is InChI=1S/C11H12N4O2S/c1-6-9-10(12-5-13-11(9)18-14-6)15(4-8(16)17)7-2-3-7/h5,7H,2-4H2,1H3,(H,16,17). The van der Waals surface area contributed by atoms with Crippen molar-refractivity contribution < 1.29 is 9.90 Å². The average molecular weight is 264 g/mol. The minimum Gasteiger partial charge on any atom is -0.480 e. The van der Waals surface area contributed by atoms with Gasteiger partial charge in [0, 0.05) is 6.04 Å². The molecular formula is C11H12N4O2S. The van der Waals surface area contributed by atoms with Gasteiger partial charge in [-0.05, 0) is 31.3 Å². The first-order valence-electron chi connectivity index (χ1n) is 5.72. The van der Waals surface area contributed by atoms with Crippen LogP contribution >= 0.6 is 11.5 Å². The molecule has 0 bridgehead atoms. The highest BCUT2D eigenvalue weighted by molar-refractivity contribution is 7.13. The van der Waals surface area contributed by atoms with E-state index in [1.54, 1.807) is 0 Å². The third-order valence-electron chi connectivity index (χ3n) is 2.99. The number of carboxylic acids is 1. The number of anilines is 1. The number of hydrogen-bond acceptors (Lipinski definition) is 6. The van der Waals surface area contributed by atoms with Crippen molar-refractivity contribution in [3.05, 3.63) is 12.0 Å². The Bertz CT molecular complexity index is 608. The summed E-state index contributed by atoms with van der Waals surface area (Å²) in [6.45, 7) is 1.88. The van der Waals surface area contributed by atoms with Crippen LogP contribution in [0.5, 0.6) is 0 Å². The Kier molecular flexibility index (Phi) is 2.62. The van der Waals surface area contributed by atoms with Crippen LogP contribution in [-0.4, -0.2) is 38.0 Å². The van der Waals surface area contributed by atoms with Crippen LogP contribution in [0.15, 0.2) is 6.33 Å². The summed E-state index contributed by atoms with van der Waals surface area (Å²) < 4.78 is 4.26. The highest BCUT2D eigenvalue weighted by atomic mass is 32.1. The van der Waals surface area contributed by atoms with Crippen molar-refractivity contribution in [2.24, 2.45) is 0 Å². The molecule has 7 heteroatoms. The Labute approximate surface area is 107 Å². The maximum Gasteiger partial charge on any atom is 0.323 e. The quantitative estimate of drug-likeness (QED) is 0.900. The fourth-order valence-electron chi connectivity index (χ4n) is 2.03. The van der Waals surface area contributed by atoms with Gasteiger partial charge in [-0.1, -0.05) is 0 Å². The van der Waals surface area contributed by atoms with E-state index in [4.69, 9.17) is 5.11 Å². The smallest absolute Gasteiger partial charge is 0.323 e. The molecule has 94 valence electrons. The van der Waals surface area contributed by atoms with Gasteiger partial charge in [-0.15, -0.1) is 0 Å². The Morgan fingerprint density at radius 2 is 2.33 bits per heavy atom. The molecule has 1 fully saturated rings. The van der Waals surface area contributed by atoms with Crippen LogP contribution in [0, 0.1) is 6.92 Å². The van der Waals surface area contributed by atoms with E-state index >= 15 is 0 Å². The molecule has 0 aromatic carbocycles. The maximum absolute atomic E-state index is 11.0.